The van der Waals surface area contributed by atoms with Gasteiger partial charge in [0.1, 0.15) is 5.83 Å². The standard InChI is InChI=1S/C25H23Cl3F5NO/c1-13-9-14(3-4-17(13)23(35)34-16-5-7-25(32,33)8-6-16)21(29)12-18(24(2,30)31)15-10-19(26)22(28)20(27)11-15/h3-4,9-12,16,18H,5-8H2,1-2H3,(H,34,35)/b21-12-. The highest BCUT2D eigenvalue weighted by Crippen LogP contribution is 2.41. The molecule has 35 heavy (non-hydrogen) atoms. The lowest BCUT2D eigenvalue weighted by atomic mass is 9.91. The molecule has 0 heterocycles. The van der Waals surface area contributed by atoms with Gasteiger partial charge in [0.05, 0.1) is 21.0 Å². The van der Waals surface area contributed by atoms with Gasteiger partial charge in [0.25, 0.3) is 11.8 Å². The van der Waals surface area contributed by atoms with Crippen molar-refractivity contribution in [2.24, 2.45) is 0 Å². The number of halogens is 8. The Bertz CT molecular complexity index is 1110. The van der Waals surface area contributed by atoms with E-state index in [0.717, 1.165) is 6.08 Å². The number of benzene rings is 2. The molecule has 190 valence electrons. The van der Waals surface area contributed by atoms with Crippen LogP contribution in [0.15, 0.2) is 36.4 Å². The van der Waals surface area contributed by atoms with Crippen LogP contribution in [0, 0.1) is 6.92 Å². The molecule has 0 bridgehead atoms. The Hall–Kier alpha value is -1.83. The van der Waals surface area contributed by atoms with E-state index in [-0.39, 0.29) is 63.5 Å². The molecule has 1 unspecified atom stereocenters. The third-order valence-electron chi connectivity index (χ3n) is 6.02. The Morgan fingerprint density at radius 2 is 1.69 bits per heavy atom. The molecule has 1 saturated carbocycles. The number of amides is 1. The Labute approximate surface area is 215 Å². The third kappa shape index (κ3) is 6.89. The lowest BCUT2D eigenvalue weighted by Crippen LogP contribution is -2.40. The van der Waals surface area contributed by atoms with E-state index in [1.807, 2.05) is 0 Å². The highest BCUT2D eigenvalue weighted by Gasteiger charge is 2.36. The molecule has 1 N–H and O–H groups in total. The van der Waals surface area contributed by atoms with Crippen LogP contribution in [-0.4, -0.2) is 23.8 Å². The molecule has 2 nitrogen and oxygen atoms in total. The Morgan fingerprint density at radius 1 is 1.11 bits per heavy atom. The summed E-state index contributed by atoms with van der Waals surface area (Å²) in [6.45, 7) is 2.23. The summed E-state index contributed by atoms with van der Waals surface area (Å²) in [6.07, 6.45) is 0.516. The van der Waals surface area contributed by atoms with Gasteiger partial charge in [-0.1, -0.05) is 40.9 Å². The van der Waals surface area contributed by atoms with Gasteiger partial charge >= 0.3 is 0 Å². The SMILES string of the molecule is Cc1cc(/C(F)=C/C(c2cc(Cl)c(Cl)c(Cl)c2)C(C)(F)F)ccc1C(=O)NC1CCC(F)(F)CC1. The van der Waals surface area contributed by atoms with Gasteiger partial charge in [-0.25, -0.2) is 22.0 Å². The number of hydrogen-bond acceptors (Lipinski definition) is 1. The van der Waals surface area contributed by atoms with Crippen molar-refractivity contribution in [1.82, 2.24) is 5.32 Å². The van der Waals surface area contributed by atoms with Crippen molar-refractivity contribution < 1.29 is 26.7 Å². The second-order valence-electron chi connectivity index (χ2n) is 8.88. The molecule has 1 atom stereocenters. The van der Waals surface area contributed by atoms with Gasteiger partial charge in [-0.2, -0.15) is 0 Å². The molecule has 2 aromatic rings. The van der Waals surface area contributed by atoms with Crippen LogP contribution >= 0.6 is 34.8 Å². The van der Waals surface area contributed by atoms with Gasteiger partial charge in [-0.15, -0.1) is 0 Å². The van der Waals surface area contributed by atoms with E-state index in [1.165, 1.54) is 30.3 Å². The van der Waals surface area contributed by atoms with Crippen molar-refractivity contribution in [3.8, 4) is 0 Å². The number of rotatable bonds is 6. The number of alkyl halides is 4. The molecular weight excluding hydrogens is 532 g/mol. The molecule has 1 amide bonds. The van der Waals surface area contributed by atoms with Crippen LogP contribution in [0.1, 0.15) is 65.6 Å². The van der Waals surface area contributed by atoms with Gasteiger partial charge in [0, 0.05) is 36.9 Å². The zero-order valence-corrected chi connectivity index (χ0v) is 21.1. The number of carbonyl (C=O) groups is 1. The first-order valence-corrected chi connectivity index (χ1v) is 12.0. The molecule has 3 rings (SSSR count). The first kappa shape index (κ1) is 27.8. The van der Waals surface area contributed by atoms with E-state index in [0.29, 0.717) is 12.5 Å². The highest BCUT2D eigenvalue weighted by molar-refractivity contribution is 6.48. The molecule has 0 spiro atoms. The zero-order valence-electron chi connectivity index (χ0n) is 18.9. The maximum atomic E-state index is 15.1. The topological polar surface area (TPSA) is 29.1 Å². The maximum Gasteiger partial charge on any atom is 0.255 e. The van der Waals surface area contributed by atoms with Crippen LogP contribution in [0.2, 0.25) is 15.1 Å². The van der Waals surface area contributed by atoms with Crippen LogP contribution in [0.25, 0.3) is 5.83 Å². The fraction of sp³-hybridized carbons (Fsp3) is 0.400. The van der Waals surface area contributed by atoms with Crippen molar-refractivity contribution in [1.29, 1.82) is 0 Å². The first-order chi connectivity index (χ1) is 16.2. The fourth-order valence-corrected chi connectivity index (χ4v) is 4.66. The summed E-state index contributed by atoms with van der Waals surface area (Å²) < 4.78 is 70.6. The predicted molar refractivity (Wildman–Crippen MR) is 130 cm³/mol. The molecule has 10 heteroatoms. The maximum absolute atomic E-state index is 15.1. The second-order valence-corrected chi connectivity index (χ2v) is 10.1. The van der Waals surface area contributed by atoms with Gasteiger partial charge < -0.3 is 5.32 Å². The minimum Gasteiger partial charge on any atom is -0.349 e. The summed E-state index contributed by atoms with van der Waals surface area (Å²) in [5.74, 6) is -9.15. The van der Waals surface area contributed by atoms with E-state index < -0.39 is 29.5 Å². The van der Waals surface area contributed by atoms with E-state index in [2.05, 4.69) is 5.32 Å². The van der Waals surface area contributed by atoms with Crippen molar-refractivity contribution >= 4 is 46.5 Å². The van der Waals surface area contributed by atoms with Gasteiger partial charge in [0.15, 0.2) is 0 Å². The van der Waals surface area contributed by atoms with Crippen molar-refractivity contribution in [2.45, 2.75) is 63.3 Å². The predicted octanol–water partition coefficient (Wildman–Crippen LogP) is 9.01. The number of aryl methyl sites for hydroxylation is 1. The number of allylic oxidation sites excluding steroid dienone is 1. The Kier molecular flexibility index (Phi) is 8.45. The van der Waals surface area contributed by atoms with Crippen molar-refractivity contribution in [2.75, 3.05) is 0 Å². The lowest BCUT2D eigenvalue weighted by Gasteiger charge is -2.29. The molecule has 0 saturated heterocycles. The van der Waals surface area contributed by atoms with Crippen LogP contribution in [0.3, 0.4) is 0 Å². The molecule has 1 fully saturated rings. The van der Waals surface area contributed by atoms with E-state index >= 15 is 4.39 Å². The minimum absolute atomic E-state index is 0.00299. The third-order valence-corrected chi connectivity index (χ3v) is 7.22. The average molecular weight is 555 g/mol. The normalized spacial score (nSPS) is 17.8. The molecular formula is C25H23Cl3F5NO. The number of carbonyl (C=O) groups excluding carboxylic acids is 1. The molecule has 1 aliphatic carbocycles. The number of hydrogen-bond donors (Lipinski definition) is 1. The summed E-state index contributed by atoms with van der Waals surface area (Å²) in [4.78, 5) is 12.6. The smallest absolute Gasteiger partial charge is 0.255 e. The summed E-state index contributed by atoms with van der Waals surface area (Å²) in [5, 5.41) is 2.67. The van der Waals surface area contributed by atoms with Crippen molar-refractivity contribution in [3.05, 3.63) is 73.7 Å². The number of nitrogens with one attached hydrogen (secondary N) is 1. The average Bonchev–Trinajstić information content (AvgIpc) is 2.75. The monoisotopic (exact) mass is 553 g/mol. The summed E-state index contributed by atoms with van der Waals surface area (Å²) >= 11 is 17.8. The van der Waals surface area contributed by atoms with E-state index in [1.54, 1.807) is 6.92 Å². The van der Waals surface area contributed by atoms with Crippen LogP contribution < -0.4 is 5.32 Å². The van der Waals surface area contributed by atoms with Gasteiger partial charge in [0.2, 0.25) is 5.92 Å². The quantitative estimate of drug-likeness (QED) is 0.280. The first-order valence-electron chi connectivity index (χ1n) is 10.9. The largest absolute Gasteiger partial charge is 0.349 e. The van der Waals surface area contributed by atoms with Gasteiger partial charge in [-0.3, -0.25) is 4.79 Å². The summed E-state index contributed by atoms with van der Waals surface area (Å²) in [5.41, 5.74) is 0.629. The van der Waals surface area contributed by atoms with E-state index in [4.69, 9.17) is 34.8 Å². The lowest BCUT2D eigenvalue weighted by molar-refractivity contribution is -0.0399. The second kappa shape index (κ2) is 10.7. The van der Waals surface area contributed by atoms with E-state index in [9.17, 15) is 22.4 Å². The molecule has 0 aromatic heterocycles. The highest BCUT2D eigenvalue weighted by atomic mass is 35.5. The Balaban J connectivity index is 1.83. The van der Waals surface area contributed by atoms with Crippen molar-refractivity contribution in [3.63, 3.8) is 0 Å². The van der Waals surface area contributed by atoms with Crippen LogP contribution in [0.5, 0.6) is 0 Å². The van der Waals surface area contributed by atoms with Crippen LogP contribution in [-0.2, 0) is 0 Å². The fourth-order valence-electron chi connectivity index (χ4n) is 4.05. The summed E-state index contributed by atoms with van der Waals surface area (Å²) in [7, 11) is 0. The Morgan fingerprint density at radius 3 is 2.20 bits per heavy atom. The molecule has 1 aliphatic rings. The van der Waals surface area contributed by atoms with Gasteiger partial charge in [-0.05, 0) is 61.2 Å². The van der Waals surface area contributed by atoms with Crippen LogP contribution in [0.4, 0.5) is 22.0 Å². The molecule has 0 radical (unpaired) electrons. The molecule has 2 aromatic carbocycles. The molecule has 0 aliphatic heterocycles. The zero-order chi connectivity index (χ0) is 26.1. The summed E-state index contributed by atoms with van der Waals surface area (Å²) in [6, 6.07) is 6.09. The minimum atomic E-state index is -3.36.